The van der Waals surface area contributed by atoms with Gasteiger partial charge in [0.15, 0.2) is 0 Å². The summed E-state index contributed by atoms with van der Waals surface area (Å²) in [4.78, 5) is 2.61. The van der Waals surface area contributed by atoms with Crippen LogP contribution in [0.2, 0.25) is 0 Å². The number of likely N-dealkylation sites (tertiary alicyclic amines) is 1. The molecule has 2 fully saturated rings. The van der Waals surface area contributed by atoms with Gasteiger partial charge in [-0.3, -0.25) is 0 Å². The second kappa shape index (κ2) is 5.96. The lowest BCUT2D eigenvalue weighted by atomic mass is 9.73. The van der Waals surface area contributed by atoms with Crippen molar-refractivity contribution in [2.45, 2.75) is 52.1 Å². The first-order chi connectivity index (χ1) is 10.0. The van der Waals surface area contributed by atoms with Gasteiger partial charge in [0, 0.05) is 30.9 Å². The summed E-state index contributed by atoms with van der Waals surface area (Å²) in [5.74, 6) is 1.26. The maximum Gasteiger partial charge on any atom is 0.125 e. The summed E-state index contributed by atoms with van der Waals surface area (Å²) in [6, 6.07) is 6.43. The summed E-state index contributed by atoms with van der Waals surface area (Å²) in [7, 11) is 0. The van der Waals surface area contributed by atoms with Crippen molar-refractivity contribution in [2.75, 3.05) is 18.4 Å². The molecular formula is C18H27FN2. The first-order valence-corrected chi connectivity index (χ1v) is 8.30. The molecule has 0 aromatic heterocycles. The molecule has 0 radical (unpaired) electrons. The van der Waals surface area contributed by atoms with Gasteiger partial charge in [-0.15, -0.1) is 0 Å². The summed E-state index contributed by atoms with van der Waals surface area (Å²) in [5.41, 5.74) is 1.94. The number of anilines is 1. The maximum absolute atomic E-state index is 13.6. The van der Waals surface area contributed by atoms with E-state index in [2.05, 4.69) is 30.1 Å². The summed E-state index contributed by atoms with van der Waals surface area (Å²) >= 11 is 0. The van der Waals surface area contributed by atoms with Gasteiger partial charge in [0.1, 0.15) is 5.82 Å². The molecule has 21 heavy (non-hydrogen) atoms. The number of piperidine rings is 1. The molecule has 3 heteroatoms. The van der Waals surface area contributed by atoms with E-state index in [1.165, 1.54) is 32.4 Å². The highest BCUT2D eigenvalue weighted by atomic mass is 19.1. The second-order valence-corrected chi connectivity index (χ2v) is 7.19. The molecule has 1 aliphatic carbocycles. The highest BCUT2D eigenvalue weighted by Gasteiger charge is 2.39. The molecule has 1 aromatic carbocycles. The Bertz CT molecular complexity index is 466. The molecule has 2 nitrogen and oxygen atoms in total. The zero-order valence-corrected chi connectivity index (χ0v) is 13.4. The first-order valence-electron chi connectivity index (χ1n) is 8.30. The molecule has 0 amide bonds. The fourth-order valence-corrected chi connectivity index (χ4v) is 4.14. The van der Waals surface area contributed by atoms with Crippen LogP contribution in [-0.4, -0.2) is 30.1 Å². The van der Waals surface area contributed by atoms with Gasteiger partial charge in [0.05, 0.1) is 0 Å². The lowest BCUT2D eigenvalue weighted by molar-refractivity contribution is 0.0518. The molecule has 1 saturated heterocycles. The van der Waals surface area contributed by atoms with Crippen LogP contribution in [0.5, 0.6) is 0 Å². The van der Waals surface area contributed by atoms with Crippen molar-refractivity contribution in [3.05, 3.63) is 29.6 Å². The Morgan fingerprint density at radius 3 is 2.38 bits per heavy atom. The lowest BCUT2D eigenvalue weighted by Gasteiger charge is -2.49. The van der Waals surface area contributed by atoms with Crippen LogP contribution in [0, 0.1) is 24.6 Å². The van der Waals surface area contributed by atoms with E-state index < -0.39 is 0 Å². The quantitative estimate of drug-likeness (QED) is 0.903. The highest BCUT2D eigenvalue weighted by Crippen LogP contribution is 2.37. The Labute approximate surface area is 127 Å². The second-order valence-electron chi connectivity index (χ2n) is 7.19. The van der Waals surface area contributed by atoms with Crippen LogP contribution in [0.1, 0.15) is 38.7 Å². The number of nitrogens with zero attached hydrogens (tertiary/aromatic N) is 1. The van der Waals surface area contributed by atoms with Crippen LogP contribution in [0.4, 0.5) is 10.1 Å². The van der Waals surface area contributed by atoms with Gasteiger partial charge in [-0.05, 0) is 69.2 Å². The SMILES string of the molecule is Cc1cc(F)cc(NC2C3CCCC2CN(C(C)C)C3)c1. The average molecular weight is 290 g/mol. The van der Waals surface area contributed by atoms with Gasteiger partial charge in [-0.25, -0.2) is 4.39 Å². The predicted molar refractivity (Wildman–Crippen MR) is 86.1 cm³/mol. The van der Waals surface area contributed by atoms with E-state index in [4.69, 9.17) is 0 Å². The fraction of sp³-hybridized carbons (Fsp3) is 0.667. The number of benzene rings is 1. The Hall–Kier alpha value is -1.09. The number of aryl methyl sites for hydroxylation is 1. The smallest absolute Gasteiger partial charge is 0.125 e. The number of rotatable bonds is 3. The van der Waals surface area contributed by atoms with E-state index >= 15 is 0 Å². The summed E-state index contributed by atoms with van der Waals surface area (Å²) in [6.07, 6.45) is 3.94. The number of hydrogen-bond donors (Lipinski definition) is 1. The highest BCUT2D eigenvalue weighted by molar-refractivity contribution is 5.47. The Morgan fingerprint density at radius 2 is 1.81 bits per heavy atom. The van der Waals surface area contributed by atoms with Crippen molar-refractivity contribution >= 4 is 5.69 Å². The van der Waals surface area contributed by atoms with E-state index in [0.29, 0.717) is 23.9 Å². The first kappa shape index (κ1) is 14.8. The van der Waals surface area contributed by atoms with Gasteiger partial charge < -0.3 is 10.2 Å². The van der Waals surface area contributed by atoms with Crippen molar-refractivity contribution in [3.8, 4) is 0 Å². The zero-order chi connectivity index (χ0) is 15.0. The average Bonchev–Trinajstić information content (AvgIpc) is 2.36. The normalized spacial score (nSPS) is 29.7. The van der Waals surface area contributed by atoms with Gasteiger partial charge in [0.2, 0.25) is 0 Å². The Morgan fingerprint density at radius 1 is 1.14 bits per heavy atom. The molecule has 3 rings (SSSR count). The van der Waals surface area contributed by atoms with E-state index in [1.54, 1.807) is 12.1 Å². The van der Waals surface area contributed by atoms with Crippen LogP contribution < -0.4 is 5.32 Å². The van der Waals surface area contributed by atoms with Gasteiger partial charge in [0.25, 0.3) is 0 Å². The summed E-state index contributed by atoms with van der Waals surface area (Å²) in [6.45, 7) is 8.90. The predicted octanol–water partition coefficient (Wildman–Crippen LogP) is 4.05. The molecule has 1 N–H and O–H groups in total. The van der Waals surface area contributed by atoms with Gasteiger partial charge >= 0.3 is 0 Å². The van der Waals surface area contributed by atoms with Crippen LogP contribution in [0.25, 0.3) is 0 Å². The third-order valence-electron chi connectivity index (χ3n) is 5.21. The lowest BCUT2D eigenvalue weighted by Crippen LogP contribution is -2.56. The number of halogens is 1. The molecule has 2 atom stereocenters. The molecule has 2 bridgehead atoms. The minimum absolute atomic E-state index is 0.137. The van der Waals surface area contributed by atoms with Gasteiger partial charge in [-0.2, -0.15) is 0 Å². The van der Waals surface area contributed by atoms with Gasteiger partial charge in [-0.1, -0.05) is 6.42 Å². The molecule has 116 valence electrons. The van der Waals surface area contributed by atoms with E-state index in [-0.39, 0.29) is 5.82 Å². The molecule has 1 heterocycles. The Balaban J connectivity index is 1.76. The molecule has 1 aliphatic heterocycles. The summed E-state index contributed by atoms with van der Waals surface area (Å²) < 4.78 is 13.6. The molecule has 1 aromatic rings. The van der Waals surface area contributed by atoms with Crippen LogP contribution in [0.3, 0.4) is 0 Å². The van der Waals surface area contributed by atoms with E-state index in [0.717, 1.165) is 11.3 Å². The molecular weight excluding hydrogens is 263 g/mol. The standard InChI is InChI=1S/C18H27FN2/c1-12(2)21-10-14-5-4-6-15(11-21)18(14)20-17-8-13(3)7-16(19)9-17/h7-9,12,14-15,18,20H,4-6,10-11H2,1-3H3. The topological polar surface area (TPSA) is 15.3 Å². The van der Waals surface area contributed by atoms with E-state index in [9.17, 15) is 4.39 Å². The molecule has 2 unspecified atom stereocenters. The monoisotopic (exact) mass is 290 g/mol. The third-order valence-corrected chi connectivity index (χ3v) is 5.21. The molecule has 1 saturated carbocycles. The van der Waals surface area contributed by atoms with Crippen LogP contribution in [-0.2, 0) is 0 Å². The van der Waals surface area contributed by atoms with Crippen molar-refractivity contribution in [2.24, 2.45) is 11.8 Å². The number of nitrogens with one attached hydrogen (secondary N) is 1. The Kier molecular flexibility index (Phi) is 4.21. The maximum atomic E-state index is 13.6. The molecule has 2 aliphatic rings. The minimum Gasteiger partial charge on any atom is -0.382 e. The van der Waals surface area contributed by atoms with Crippen LogP contribution in [0.15, 0.2) is 18.2 Å². The largest absolute Gasteiger partial charge is 0.382 e. The third kappa shape index (κ3) is 3.23. The minimum atomic E-state index is -0.137. The zero-order valence-electron chi connectivity index (χ0n) is 13.4. The summed E-state index contributed by atoms with van der Waals surface area (Å²) in [5, 5.41) is 3.66. The van der Waals surface area contributed by atoms with Crippen LogP contribution >= 0.6 is 0 Å². The number of hydrogen-bond acceptors (Lipinski definition) is 2. The van der Waals surface area contributed by atoms with Crippen molar-refractivity contribution in [3.63, 3.8) is 0 Å². The van der Waals surface area contributed by atoms with Crippen molar-refractivity contribution in [1.29, 1.82) is 0 Å². The van der Waals surface area contributed by atoms with Crippen molar-refractivity contribution < 1.29 is 4.39 Å². The fourth-order valence-electron chi connectivity index (χ4n) is 4.14. The number of fused-ring (bicyclic) bond motifs is 2. The molecule has 0 spiro atoms. The van der Waals surface area contributed by atoms with E-state index in [1.807, 2.05) is 6.92 Å². The van der Waals surface area contributed by atoms with Crippen molar-refractivity contribution in [1.82, 2.24) is 4.90 Å².